The molecule has 0 bridgehead atoms. The molecule has 0 unspecified atom stereocenters. The number of aromatic nitrogens is 2. The van der Waals surface area contributed by atoms with Gasteiger partial charge in [0.05, 0.1) is 15.9 Å². The number of piperidine rings is 1. The van der Waals surface area contributed by atoms with E-state index in [1.165, 1.54) is 0 Å². The van der Waals surface area contributed by atoms with Gasteiger partial charge in [-0.1, -0.05) is 12.1 Å². The van der Waals surface area contributed by atoms with Crippen LogP contribution in [0.1, 0.15) is 24.6 Å². The predicted molar refractivity (Wildman–Crippen MR) is 104 cm³/mol. The fourth-order valence-corrected chi connectivity index (χ4v) is 5.35. The molecule has 28 heavy (non-hydrogen) atoms. The van der Waals surface area contributed by atoms with Gasteiger partial charge in [0.2, 0.25) is 10.0 Å². The average Bonchev–Trinajstić information content (AvgIpc) is 3.18. The Balaban J connectivity index is 1.33. The topological polar surface area (TPSA) is 84.5 Å². The van der Waals surface area contributed by atoms with Gasteiger partial charge in [-0.05, 0) is 37.1 Å². The van der Waals surface area contributed by atoms with E-state index in [1.807, 2.05) is 24.3 Å². The summed E-state index contributed by atoms with van der Waals surface area (Å²) in [6.07, 6.45) is 1.48. The predicted octanol–water partition coefficient (Wildman–Crippen LogP) is 2.90. The number of hydrogen-bond acceptors (Lipinski definition) is 5. The average molecular weight is 399 g/mol. The Labute approximate surface area is 163 Å². The van der Waals surface area contributed by atoms with Crippen LogP contribution in [0.3, 0.4) is 0 Å². The third kappa shape index (κ3) is 3.02. The molecular weight excluding hydrogens is 378 g/mol. The van der Waals surface area contributed by atoms with E-state index < -0.39 is 10.0 Å². The Morgan fingerprint density at radius 1 is 1.00 bits per heavy atom. The monoisotopic (exact) mass is 399 g/mol. The van der Waals surface area contributed by atoms with Crippen LogP contribution in [0.5, 0.6) is 11.5 Å². The molecule has 8 heteroatoms. The molecule has 0 saturated carbocycles. The van der Waals surface area contributed by atoms with Gasteiger partial charge in [-0.2, -0.15) is 4.31 Å². The largest absolute Gasteiger partial charge is 0.486 e. The summed E-state index contributed by atoms with van der Waals surface area (Å²) in [5.41, 5.74) is 1.97. The van der Waals surface area contributed by atoms with Crippen molar-refractivity contribution < 1.29 is 17.9 Å². The van der Waals surface area contributed by atoms with E-state index in [0.717, 1.165) is 29.7 Å². The fourth-order valence-electron chi connectivity index (χ4n) is 3.87. The highest BCUT2D eigenvalue weighted by Crippen LogP contribution is 2.35. The highest BCUT2D eigenvalue weighted by atomic mass is 32.2. The molecule has 0 amide bonds. The molecule has 3 heterocycles. The van der Waals surface area contributed by atoms with Crippen molar-refractivity contribution in [3.05, 3.63) is 48.3 Å². The summed E-state index contributed by atoms with van der Waals surface area (Å²) in [5.74, 6) is 2.26. The van der Waals surface area contributed by atoms with E-state index in [0.29, 0.717) is 37.8 Å². The fraction of sp³-hybridized carbons (Fsp3) is 0.350. The number of sulfonamides is 1. The molecular formula is C20H21N3O4S. The number of ether oxygens (including phenoxy) is 2. The lowest BCUT2D eigenvalue weighted by molar-refractivity contribution is 0.171. The molecule has 1 fully saturated rings. The summed E-state index contributed by atoms with van der Waals surface area (Å²) in [5, 5.41) is 0. The van der Waals surface area contributed by atoms with E-state index in [9.17, 15) is 8.42 Å². The summed E-state index contributed by atoms with van der Waals surface area (Å²) < 4.78 is 38.7. The van der Waals surface area contributed by atoms with Crippen LogP contribution in [-0.2, 0) is 10.0 Å². The lowest BCUT2D eigenvalue weighted by atomic mass is 9.97. The number of nitrogens with one attached hydrogen (secondary N) is 1. The number of nitrogens with zero attached hydrogens (tertiary/aromatic N) is 2. The number of para-hydroxylation sites is 2. The van der Waals surface area contributed by atoms with Crippen LogP contribution in [0.4, 0.5) is 0 Å². The van der Waals surface area contributed by atoms with Crippen molar-refractivity contribution in [3.8, 4) is 11.5 Å². The number of fused-ring (bicyclic) bond motifs is 2. The molecule has 2 aliphatic rings. The van der Waals surface area contributed by atoms with Crippen molar-refractivity contribution in [2.45, 2.75) is 23.7 Å². The minimum Gasteiger partial charge on any atom is -0.486 e. The van der Waals surface area contributed by atoms with Gasteiger partial charge in [0.1, 0.15) is 19.0 Å². The summed E-state index contributed by atoms with van der Waals surface area (Å²) in [6, 6.07) is 12.8. The SMILES string of the molecule is O=S(=O)(c1ccc2c(c1)OCCO2)N1CCC(c2nc3ccccc3[nH]2)CC1. The standard InChI is InChI=1S/C20H21N3O4S/c24-28(25,15-5-6-18-19(13-15)27-12-11-26-18)23-9-7-14(8-10-23)20-21-16-3-1-2-4-17(16)22-20/h1-6,13-14H,7-12H2,(H,21,22). The van der Waals surface area contributed by atoms with Gasteiger partial charge in [0.25, 0.3) is 0 Å². The molecule has 2 aromatic carbocycles. The number of hydrogen-bond donors (Lipinski definition) is 1. The van der Waals surface area contributed by atoms with Crippen molar-refractivity contribution >= 4 is 21.1 Å². The maximum Gasteiger partial charge on any atom is 0.243 e. The van der Waals surface area contributed by atoms with Gasteiger partial charge >= 0.3 is 0 Å². The second-order valence-electron chi connectivity index (χ2n) is 7.12. The smallest absolute Gasteiger partial charge is 0.243 e. The first-order chi connectivity index (χ1) is 13.6. The Kier molecular flexibility index (Phi) is 4.25. The molecule has 0 radical (unpaired) electrons. The first-order valence-electron chi connectivity index (χ1n) is 9.46. The van der Waals surface area contributed by atoms with Gasteiger partial charge in [-0.3, -0.25) is 0 Å². The van der Waals surface area contributed by atoms with Crippen LogP contribution in [0.25, 0.3) is 11.0 Å². The third-order valence-electron chi connectivity index (χ3n) is 5.40. The van der Waals surface area contributed by atoms with Crippen molar-refractivity contribution in [3.63, 3.8) is 0 Å². The van der Waals surface area contributed by atoms with E-state index in [4.69, 9.17) is 9.47 Å². The highest BCUT2D eigenvalue weighted by molar-refractivity contribution is 7.89. The van der Waals surface area contributed by atoms with Crippen molar-refractivity contribution in [1.82, 2.24) is 14.3 Å². The van der Waals surface area contributed by atoms with E-state index in [-0.39, 0.29) is 10.8 Å². The lowest BCUT2D eigenvalue weighted by Crippen LogP contribution is -2.38. The molecule has 146 valence electrons. The summed E-state index contributed by atoms with van der Waals surface area (Å²) in [4.78, 5) is 8.30. The molecule has 0 aliphatic carbocycles. The van der Waals surface area contributed by atoms with E-state index in [1.54, 1.807) is 22.5 Å². The molecule has 7 nitrogen and oxygen atoms in total. The minimum absolute atomic E-state index is 0.235. The quantitative estimate of drug-likeness (QED) is 0.732. The number of aromatic amines is 1. The van der Waals surface area contributed by atoms with Crippen LogP contribution in [-0.4, -0.2) is 49.0 Å². The van der Waals surface area contributed by atoms with Gasteiger partial charge in [0, 0.05) is 25.1 Å². The van der Waals surface area contributed by atoms with Crippen LogP contribution >= 0.6 is 0 Å². The molecule has 5 rings (SSSR count). The van der Waals surface area contributed by atoms with Gasteiger partial charge in [0.15, 0.2) is 11.5 Å². The maximum atomic E-state index is 13.1. The molecule has 2 aliphatic heterocycles. The molecule has 1 aromatic heterocycles. The number of imidazole rings is 1. The zero-order valence-corrected chi connectivity index (χ0v) is 16.1. The summed E-state index contributed by atoms with van der Waals surface area (Å²) >= 11 is 0. The Bertz CT molecular complexity index is 1080. The number of rotatable bonds is 3. The molecule has 1 N–H and O–H groups in total. The number of benzene rings is 2. The third-order valence-corrected chi connectivity index (χ3v) is 7.29. The Morgan fingerprint density at radius 2 is 1.75 bits per heavy atom. The molecule has 0 atom stereocenters. The molecule has 1 saturated heterocycles. The zero-order chi connectivity index (χ0) is 19.1. The lowest BCUT2D eigenvalue weighted by Gasteiger charge is -2.30. The van der Waals surface area contributed by atoms with E-state index in [2.05, 4.69) is 9.97 Å². The summed E-state index contributed by atoms with van der Waals surface area (Å²) in [7, 11) is -3.56. The Hall–Kier alpha value is -2.58. The number of H-pyrrole nitrogens is 1. The first kappa shape index (κ1) is 17.5. The van der Waals surface area contributed by atoms with Gasteiger partial charge < -0.3 is 14.5 Å². The van der Waals surface area contributed by atoms with Crippen LogP contribution < -0.4 is 9.47 Å². The second kappa shape index (κ2) is 6.79. The molecule has 0 spiro atoms. The van der Waals surface area contributed by atoms with Crippen molar-refractivity contribution in [2.24, 2.45) is 0 Å². The van der Waals surface area contributed by atoms with Crippen LogP contribution in [0, 0.1) is 0 Å². The Morgan fingerprint density at radius 3 is 2.54 bits per heavy atom. The first-order valence-corrected chi connectivity index (χ1v) is 10.9. The van der Waals surface area contributed by atoms with E-state index >= 15 is 0 Å². The second-order valence-corrected chi connectivity index (χ2v) is 9.06. The summed E-state index contributed by atoms with van der Waals surface area (Å²) in [6.45, 7) is 1.85. The highest BCUT2D eigenvalue weighted by Gasteiger charge is 2.32. The van der Waals surface area contributed by atoms with Gasteiger partial charge in [-0.25, -0.2) is 13.4 Å². The van der Waals surface area contributed by atoms with Crippen LogP contribution in [0.15, 0.2) is 47.4 Å². The van der Waals surface area contributed by atoms with Crippen LogP contribution in [0.2, 0.25) is 0 Å². The maximum absolute atomic E-state index is 13.1. The zero-order valence-electron chi connectivity index (χ0n) is 15.3. The van der Waals surface area contributed by atoms with Gasteiger partial charge in [-0.15, -0.1) is 0 Å². The van der Waals surface area contributed by atoms with Crippen molar-refractivity contribution in [2.75, 3.05) is 26.3 Å². The minimum atomic E-state index is -3.56. The molecule has 3 aromatic rings. The van der Waals surface area contributed by atoms with Crippen molar-refractivity contribution in [1.29, 1.82) is 0 Å². The normalized spacial score (nSPS) is 18.4.